The molecule has 1 N–H and O–H groups in total. The average Bonchev–Trinajstić information content (AvgIpc) is 2.92. The molecule has 1 aromatic heterocycles. The van der Waals surface area contributed by atoms with Crippen LogP contribution >= 0.6 is 39.3 Å². The van der Waals surface area contributed by atoms with Crippen LogP contribution in [-0.4, -0.2) is 33.5 Å². The van der Waals surface area contributed by atoms with E-state index in [2.05, 4.69) is 49.9 Å². The van der Waals surface area contributed by atoms with Gasteiger partial charge in [0, 0.05) is 24.0 Å². The van der Waals surface area contributed by atoms with E-state index in [9.17, 15) is 4.79 Å². The summed E-state index contributed by atoms with van der Waals surface area (Å²) >= 11 is 11.0. The van der Waals surface area contributed by atoms with E-state index in [1.54, 1.807) is 30.0 Å². The van der Waals surface area contributed by atoms with Crippen molar-refractivity contribution in [1.29, 1.82) is 0 Å². The lowest BCUT2D eigenvalue weighted by molar-refractivity contribution is 0.0953. The highest BCUT2D eigenvalue weighted by Crippen LogP contribution is 2.21. The van der Waals surface area contributed by atoms with Gasteiger partial charge < -0.3 is 9.88 Å². The molecule has 0 bridgehead atoms. The van der Waals surface area contributed by atoms with Crippen molar-refractivity contribution >= 4 is 45.2 Å². The fraction of sp³-hybridized carbons (Fsp3) is 0.471. The third-order valence-corrected chi connectivity index (χ3v) is 5.04. The van der Waals surface area contributed by atoms with Gasteiger partial charge in [-0.2, -0.15) is 0 Å². The fourth-order valence-corrected chi connectivity index (χ4v) is 3.70. The van der Waals surface area contributed by atoms with Crippen LogP contribution < -0.4 is 5.32 Å². The van der Waals surface area contributed by atoms with Gasteiger partial charge in [0.05, 0.1) is 10.6 Å². The van der Waals surface area contributed by atoms with E-state index in [4.69, 9.17) is 11.6 Å². The molecule has 0 fully saturated rings. The number of halogens is 2. The fourth-order valence-electron chi connectivity index (χ4n) is 2.42. The molecule has 25 heavy (non-hydrogen) atoms. The van der Waals surface area contributed by atoms with E-state index in [-0.39, 0.29) is 5.91 Å². The Labute approximate surface area is 166 Å². The van der Waals surface area contributed by atoms with Crippen LogP contribution in [0.3, 0.4) is 0 Å². The van der Waals surface area contributed by atoms with Crippen molar-refractivity contribution < 1.29 is 4.79 Å². The smallest absolute Gasteiger partial charge is 0.252 e. The number of rotatable bonds is 8. The molecule has 2 aromatic rings. The molecule has 0 aliphatic carbocycles. The van der Waals surface area contributed by atoms with Gasteiger partial charge in [-0.05, 0) is 36.8 Å². The minimum Gasteiger partial charge on any atom is -0.352 e. The van der Waals surface area contributed by atoms with Crippen molar-refractivity contribution in [3.8, 4) is 0 Å². The number of thioether (sulfide) groups is 1. The minimum absolute atomic E-state index is 0.161. The topological polar surface area (TPSA) is 59.8 Å². The molecule has 1 aromatic carbocycles. The van der Waals surface area contributed by atoms with Gasteiger partial charge in [-0.25, -0.2) is 0 Å². The quantitative estimate of drug-likeness (QED) is 0.482. The first-order chi connectivity index (χ1) is 11.9. The third-order valence-electron chi connectivity index (χ3n) is 3.56. The third kappa shape index (κ3) is 5.72. The second-order valence-corrected chi connectivity index (χ2v) is 8.19. The zero-order valence-corrected chi connectivity index (χ0v) is 17.7. The lowest BCUT2D eigenvalue weighted by Gasteiger charge is -2.12. The van der Waals surface area contributed by atoms with Gasteiger partial charge in [-0.15, -0.1) is 10.2 Å². The van der Waals surface area contributed by atoms with Crippen LogP contribution in [0.4, 0.5) is 0 Å². The molecule has 136 valence electrons. The number of nitrogens with one attached hydrogen (secondary N) is 1. The van der Waals surface area contributed by atoms with Crippen molar-refractivity contribution in [3.05, 3.63) is 39.1 Å². The van der Waals surface area contributed by atoms with Crippen LogP contribution in [-0.2, 0) is 13.0 Å². The molecule has 1 heterocycles. The van der Waals surface area contributed by atoms with Crippen molar-refractivity contribution in [2.75, 3.05) is 12.8 Å². The van der Waals surface area contributed by atoms with Crippen LogP contribution in [0.25, 0.3) is 0 Å². The summed E-state index contributed by atoms with van der Waals surface area (Å²) in [5, 5.41) is 12.8. The second kappa shape index (κ2) is 9.59. The number of carbonyl (C=O) groups is 1. The molecule has 5 nitrogen and oxygen atoms in total. The Hall–Kier alpha value is -1.05. The number of amides is 1. The van der Waals surface area contributed by atoms with Crippen molar-refractivity contribution in [3.63, 3.8) is 0 Å². The van der Waals surface area contributed by atoms with Crippen LogP contribution in [0.1, 0.15) is 36.5 Å². The number of nitrogens with zero attached hydrogens (tertiary/aromatic N) is 3. The second-order valence-electron chi connectivity index (χ2n) is 6.09. The molecule has 0 spiro atoms. The monoisotopic (exact) mass is 444 g/mol. The van der Waals surface area contributed by atoms with E-state index in [1.807, 2.05) is 6.26 Å². The molecule has 0 saturated carbocycles. The summed E-state index contributed by atoms with van der Waals surface area (Å²) in [4.78, 5) is 12.2. The van der Waals surface area contributed by atoms with E-state index < -0.39 is 0 Å². The van der Waals surface area contributed by atoms with Gasteiger partial charge in [0.25, 0.3) is 5.91 Å². The molecular formula is C17H22BrClN4OS. The summed E-state index contributed by atoms with van der Waals surface area (Å²) in [5.74, 6) is 1.33. The highest BCUT2D eigenvalue weighted by molar-refractivity contribution is 9.10. The summed E-state index contributed by atoms with van der Waals surface area (Å²) in [6, 6.07) is 5.24. The van der Waals surface area contributed by atoms with Crippen molar-refractivity contribution in [1.82, 2.24) is 20.1 Å². The van der Waals surface area contributed by atoms with Gasteiger partial charge >= 0.3 is 0 Å². The Morgan fingerprint density at radius 3 is 2.80 bits per heavy atom. The van der Waals surface area contributed by atoms with Crippen molar-refractivity contribution in [2.24, 2.45) is 5.92 Å². The molecule has 0 radical (unpaired) electrons. The van der Waals surface area contributed by atoms with Crippen LogP contribution in [0.5, 0.6) is 0 Å². The number of benzene rings is 1. The number of aromatic nitrogens is 3. The van der Waals surface area contributed by atoms with E-state index in [0.29, 0.717) is 23.0 Å². The van der Waals surface area contributed by atoms with Crippen LogP contribution in [0, 0.1) is 5.92 Å². The maximum absolute atomic E-state index is 12.2. The molecule has 1 amide bonds. The molecule has 0 saturated heterocycles. The Bertz CT molecular complexity index is 735. The first kappa shape index (κ1) is 20.3. The van der Waals surface area contributed by atoms with Gasteiger partial charge in [0.15, 0.2) is 5.16 Å². The van der Waals surface area contributed by atoms with Crippen LogP contribution in [0.2, 0.25) is 5.02 Å². The van der Waals surface area contributed by atoms with Gasteiger partial charge in [-0.1, -0.05) is 53.1 Å². The highest BCUT2D eigenvalue weighted by atomic mass is 79.9. The molecule has 0 aliphatic rings. The Kier molecular flexibility index (Phi) is 7.78. The normalized spacial score (nSPS) is 11.1. The number of hydrogen-bond acceptors (Lipinski definition) is 4. The maximum atomic E-state index is 12.2. The summed E-state index contributed by atoms with van der Waals surface area (Å²) in [5.41, 5.74) is 0.484. The molecular weight excluding hydrogens is 424 g/mol. The predicted molar refractivity (Wildman–Crippen MR) is 106 cm³/mol. The number of carbonyl (C=O) groups excluding carboxylic acids is 1. The van der Waals surface area contributed by atoms with E-state index in [1.165, 1.54) is 0 Å². The molecule has 0 aliphatic heterocycles. The summed E-state index contributed by atoms with van der Waals surface area (Å²) in [6.07, 6.45) is 3.58. The Morgan fingerprint density at radius 1 is 1.40 bits per heavy atom. The van der Waals surface area contributed by atoms with Gasteiger partial charge in [-0.3, -0.25) is 4.79 Å². The number of hydrogen-bond donors (Lipinski definition) is 1. The largest absolute Gasteiger partial charge is 0.352 e. The Balaban J connectivity index is 1.89. The summed E-state index contributed by atoms with van der Waals surface area (Å²) < 4.78 is 3.02. The summed E-state index contributed by atoms with van der Waals surface area (Å²) in [7, 11) is 0. The minimum atomic E-state index is -0.161. The highest BCUT2D eigenvalue weighted by Gasteiger charge is 2.13. The standard InChI is InChI=1S/C17H22BrClN4OS/c1-11(2)10-23-15(21-22-17(23)25-3)5-4-8-20-16(24)13-7-6-12(18)9-14(13)19/h6-7,9,11H,4-5,8,10H2,1-3H3,(H,20,24). The summed E-state index contributed by atoms with van der Waals surface area (Å²) in [6.45, 7) is 5.82. The first-order valence-electron chi connectivity index (χ1n) is 8.11. The van der Waals surface area contributed by atoms with Crippen molar-refractivity contribution in [2.45, 2.75) is 38.4 Å². The van der Waals surface area contributed by atoms with E-state index in [0.717, 1.165) is 34.8 Å². The van der Waals surface area contributed by atoms with Gasteiger partial charge in [0.2, 0.25) is 0 Å². The van der Waals surface area contributed by atoms with E-state index >= 15 is 0 Å². The molecule has 8 heteroatoms. The zero-order chi connectivity index (χ0) is 18.4. The average molecular weight is 446 g/mol. The zero-order valence-electron chi connectivity index (χ0n) is 14.6. The SMILES string of the molecule is CSc1nnc(CCCNC(=O)c2ccc(Br)cc2Cl)n1CC(C)C. The number of aryl methyl sites for hydroxylation is 1. The lowest BCUT2D eigenvalue weighted by atomic mass is 10.2. The maximum Gasteiger partial charge on any atom is 0.252 e. The first-order valence-corrected chi connectivity index (χ1v) is 10.5. The molecule has 0 unspecified atom stereocenters. The lowest BCUT2D eigenvalue weighted by Crippen LogP contribution is -2.25. The van der Waals surface area contributed by atoms with Crippen LogP contribution in [0.15, 0.2) is 27.8 Å². The molecule has 2 rings (SSSR count). The Morgan fingerprint density at radius 2 is 2.16 bits per heavy atom. The van der Waals surface area contributed by atoms with Gasteiger partial charge in [0.1, 0.15) is 5.82 Å². The molecule has 0 atom stereocenters. The predicted octanol–water partition coefficient (Wildman–Crippen LogP) is 4.43.